The molecule has 0 saturated heterocycles. The Morgan fingerprint density at radius 2 is 2.00 bits per heavy atom. The molecule has 0 aliphatic heterocycles. The summed E-state index contributed by atoms with van der Waals surface area (Å²) >= 11 is 0. The summed E-state index contributed by atoms with van der Waals surface area (Å²) in [4.78, 5) is 0. The van der Waals surface area contributed by atoms with Crippen LogP contribution >= 0.6 is 0 Å². The van der Waals surface area contributed by atoms with E-state index in [-0.39, 0.29) is 5.82 Å². The summed E-state index contributed by atoms with van der Waals surface area (Å²) in [7, 11) is -0.797. The molecule has 0 aliphatic carbocycles. The molecule has 0 fully saturated rings. The van der Waals surface area contributed by atoms with Crippen molar-refractivity contribution in [3.63, 3.8) is 0 Å². The first kappa shape index (κ1) is 7.47. The van der Waals surface area contributed by atoms with Crippen molar-refractivity contribution in [2.45, 2.75) is 13.1 Å². The highest BCUT2D eigenvalue weighted by atomic mass is 28.3. The molecule has 0 radical (unpaired) electrons. The van der Waals surface area contributed by atoms with Gasteiger partial charge in [0.25, 0.3) is 0 Å². The van der Waals surface area contributed by atoms with Crippen LogP contribution in [0, 0.1) is 5.82 Å². The van der Waals surface area contributed by atoms with E-state index in [1.54, 1.807) is 12.1 Å². The van der Waals surface area contributed by atoms with E-state index in [2.05, 4.69) is 13.1 Å². The number of rotatable bonds is 1. The average Bonchev–Trinajstić information content (AvgIpc) is 1.88. The molecule has 0 aliphatic rings. The van der Waals surface area contributed by atoms with Crippen LogP contribution in [0.3, 0.4) is 0 Å². The summed E-state index contributed by atoms with van der Waals surface area (Å²) in [6.07, 6.45) is 0. The van der Waals surface area contributed by atoms with Gasteiger partial charge in [-0.15, -0.1) is 0 Å². The van der Waals surface area contributed by atoms with Crippen LogP contribution < -0.4 is 5.19 Å². The van der Waals surface area contributed by atoms with Gasteiger partial charge >= 0.3 is 0 Å². The molecule has 1 rings (SSSR count). The van der Waals surface area contributed by atoms with Gasteiger partial charge in [-0.1, -0.05) is 30.4 Å². The lowest BCUT2D eigenvalue weighted by atomic mass is 10.3. The molecule has 2 heteroatoms. The van der Waals surface area contributed by atoms with Gasteiger partial charge < -0.3 is 0 Å². The molecule has 0 nitrogen and oxygen atoms in total. The molecule has 0 unspecified atom stereocenters. The predicted octanol–water partition coefficient (Wildman–Crippen LogP) is 1.52. The maximum Gasteiger partial charge on any atom is 0.123 e. The van der Waals surface area contributed by atoms with Crippen molar-refractivity contribution in [3.8, 4) is 0 Å². The normalized spacial score (nSPS) is 10.4. The molecule has 10 heavy (non-hydrogen) atoms. The van der Waals surface area contributed by atoms with E-state index in [1.165, 1.54) is 11.3 Å². The Morgan fingerprint density at radius 3 is 2.40 bits per heavy atom. The standard InChI is InChI=1S/C8H11FSi/c1-10(2)8-5-3-4-7(9)6-8/h3-6,10H,1-2H3. The first-order valence-electron chi connectivity index (χ1n) is 3.45. The van der Waals surface area contributed by atoms with Crippen LogP contribution in [0.15, 0.2) is 24.3 Å². The minimum absolute atomic E-state index is 0.112. The van der Waals surface area contributed by atoms with Crippen molar-refractivity contribution < 1.29 is 4.39 Å². The maximum absolute atomic E-state index is 12.5. The van der Waals surface area contributed by atoms with E-state index in [1.807, 2.05) is 6.07 Å². The maximum atomic E-state index is 12.5. The third-order valence-corrected chi connectivity index (χ3v) is 3.21. The van der Waals surface area contributed by atoms with Gasteiger partial charge in [-0.05, 0) is 12.1 Å². The number of hydrogen-bond acceptors (Lipinski definition) is 0. The van der Waals surface area contributed by atoms with Gasteiger partial charge in [-0.2, -0.15) is 0 Å². The fourth-order valence-corrected chi connectivity index (χ4v) is 1.85. The van der Waals surface area contributed by atoms with Gasteiger partial charge in [0.15, 0.2) is 0 Å². The molecule has 0 atom stereocenters. The first-order chi connectivity index (χ1) is 4.70. The Morgan fingerprint density at radius 1 is 1.30 bits per heavy atom. The number of halogens is 1. The van der Waals surface area contributed by atoms with Crippen molar-refractivity contribution in [3.05, 3.63) is 30.1 Å². The van der Waals surface area contributed by atoms with Gasteiger partial charge in [0.1, 0.15) is 5.82 Å². The quantitative estimate of drug-likeness (QED) is 0.538. The molecule has 54 valence electrons. The Balaban J connectivity index is 2.96. The molecule has 0 saturated carbocycles. The van der Waals surface area contributed by atoms with Gasteiger partial charge in [0.05, 0.1) is 8.80 Å². The van der Waals surface area contributed by atoms with Crippen LogP contribution in [0.4, 0.5) is 4.39 Å². The summed E-state index contributed by atoms with van der Waals surface area (Å²) in [5, 5.41) is 1.19. The van der Waals surface area contributed by atoms with E-state index >= 15 is 0 Å². The lowest BCUT2D eigenvalue weighted by Gasteiger charge is -2.01. The smallest absolute Gasteiger partial charge is 0.123 e. The summed E-state index contributed by atoms with van der Waals surface area (Å²) in [6.45, 7) is 4.38. The lowest BCUT2D eigenvalue weighted by molar-refractivity contribution is 0.629. The zero-order valence-corrected chi connectivity index (χ0v) is 7.42. The predicted molar refractivity (Wildman–Crippen MR) is 44.9 cm³/mol. The first-order valence-corrected chi connectivity index (χ1v) is 6.34. The molecular weight excluding hydrogens is 143 g/mol. The second-order valence-electron chi connectivity index (χ2n) is 2.71. The molecule has 1 aromatic rings. The fraction of sp³-hybridized carbons (Fsp3) is 0.250. The largest absolute Gasteiger partial charge is 0.207 e. The highest BCUT2D eigenvalue weighted by molar-refractivity contribution is 6.70. The van der Waals surface area contributed by atoms with Gasteiger partial charge in [-0.3, -0.25) is 0 Å². The highest BCUT2D eigenvalue weighted by Crippen LogP contribution is 1.94. The zero-order chi connectivity index (χ0) is 7.56. The van der Waals surface area contributed by atoms with Crippen molar-refractivity contribution in [1.82, 2.24) is 0 Å². The zero-order valence-electron chi connectivity index (χ0n) is 6.26. The van der Waals surface area contributed by atoms with Crippen LogP contribution in [0.5, 0.6) is 0 Å². The minimum atomic E-state index is -0.797. The summed E-state index contributed by atoms with van der Waals surface area (Å²) in [5.74, 6) is -0.112. The van der Waals surface area contributed by atoms with Crippen LogP contribution in [0.2, 0.25) is 13.1 Å². The number of hydrogen-bond donors (Lipinski definition) is 0. The summed E-state index contributed by atoms with van der Waals surface area (Å²) in [5.41, 5.74) is 0. The molecule has 0 amide bonds. The minimum Gasteiger partial charge on any atom is -0.207 e. The van der Waals surface area contributed by atoms with Crippen LogP contribution in [0.25, 0.3) is 0 Å². The van der Waals surface area contributed by atoms with Crippen molar-refractivity contribution >= 4 is 14.0 Å². The second-order valence-corrected chi connectivity index (χ2v) is 5.69. The molecule has 0 aromatic heterocycles. The second kappa shape index (κ2) is 2.97. The average molecular weight is 154 g/mol. The lowest BCUT2D eigenvalue weighted by Crippen LogP contribution is -2.22. The molecule has 0 N–H and O–H groups in total. The fourth-order valence-electron chi connectivity index (χ4n) is 0.866. The molecular formula is C8H11FSi. The van der Waals surface area contributed by atoms with E-state index in [4.69, 9.17) is 0 Å². The topological polar surface area (TPSA) is 0 Å². The third-order valence-electron chi connectivity index (χ3n) is 1.52. The van der Waals surface area contributed by atoms with E-state index in [0.29, 0.717) is 0 Å². The van der Waals surface area contributed by atoms with Gasteiger partial charge in [0.2, 0.25) is 0 Å². The SMILES string of the molecule is C[SiH](C)c1cccc(F)c1. The van der Waals surface area contributed by atoms with Crippen molar-refractivity contribution in [2.75, 3.05) is 0 Å². The molecule has 0 bridgehead atoms. The van der Waals surface area contributed by atoms with Crippen LogP contribution in [-0.4, -0.2) is 8.80 Å². The highest BCUT2D eigenvalue weighted by Gasteiger charge is 1.99. The van der Waals surface area contributed by atoms with E-state index < -0.39 is 8.80 Å². The Bertz CT molecular complexity index is 220. The van der Waals surface area contributed by atoms with Gasteiger partial charge in [-0.25, -0.2) is 4.39 Å². The van der Waals surface area contributed by atoms with Crippen molar-refractivity contribution in [2.24, 2.45) is 0 Å². The Labute approximate surface area is 62.3 Å². The molecule has 1 aromatic carbocycles. The number of benzene rings is 1. The third kappa shape index (κ3) is 1.67. The van der Waals surface area contributed by atoms with Crippen LogP contribution in [0.1, 0.15) is 0 Å². The Kier molecular flexibility index (Phi) is 2.22. The monoisotopic (exact) mass is 154 g/mol. The Hall–Kier alpha value is -0.633. The molecule has 0 heterocycles. The van der Waals surface area contributed by atoms with Crippen LogP contribution in [-0.2, 0) is 0 Å². The van der Waals surface area contributed by atoms with E-state index in [9.17, 15) is 4.39 Å². The van der Waals surface area contributed by atoms with Gasteiger partial charge in [0, 0.05) is 0 Å². The van der Waals surface area contributed by atoms with E-state index in [0.717, 1.165) is 0 Å². The summed E-state index contributed by atoms with van der Waals surface area (Å²) in [6, 6.07) is 6.90. The van der Waals surface area contributed by atoms with Crippen molar-refractivity contribution in [1.29, 1.82) is 0 Å². The summed E-state index contributed by atoms with van der Waals surface area (Å²) < 4.78 is 12.5. The molecule has 0 spiro atoms.